The maximum absolute atomic E-state index is 12.7. The van der Waals surface area contributed by atoms with E-state index in [0.29, 0.717) is 25.2 Å². The van der Waals surface area contributed by atoms with Crippen molar-refractivity contribution in [2.24, 2.45) is 5.92 Å². The highest BCUT2D eigenvalue weighted by molar-refractivity contribution is 5.98. The molecule has 4 aromatic rings. The summed E-state index contributed by atoms with van der Waals surface area (Å²) >= 11 is 0. The molecule has 1 aliphatic heterocycles. The quantitative estimate of drug-likeness (QED) is 0.433. The number of carbonyl (C=O) groups excluding carboxylic acids is 2. The highest BCUT2D eigenvalue weighted by Crippen LogP contribution is 2.26. The van der Waals surface area contributed by atoms with Gasteiger partial charge < -0.3 is 24.7 Å². The van der Waals surface area contributed by atoms with Crippen molar-refractivity contribution in [1.82, 2.24) is 24.8 Å². The molecule has 8 nitrogen and oxygen atoms in total. The summed E-state index contributed by atoms with van der Waals surface area (Å²) in [5, 5.41) is 4.01. The van der Waals surface area contributed by atoms with Gasteiger partial charge in [-0.2, -0.15) is 0 Å². The molecule has 1 saturated heterocycles. The molecule has 35 heavy (non-hydrogen) atoms. The third-order valence-electron chi connectivity index (χ3n) is 6.39. The number of anilines is 1. The van der Waals surface area contributed by atoms with Crippen LogP contribution in [0.1, 0.15) is 28.3 Å². The molecule has 0 saturated carbocycles. The van der Waals surface area contributed by atoms with Crippen LogP contribution >= 0.6 is 0 Å². The van der Waals surface area contributed by atoms with Gasteiger partial charge in [0.2, 0.25) is 5.91 Å². The minimum Gasteiger partial charge on any atom is -0.351 e. The Balaban J connectivity index is 1.21. The molecule has 1 fully saturated rings. The zero-order valence-electron chi connectivity index (χ0n) is 20.3. The summed E-state index contributed by atoms with van der Waals surface area (Å²) in [6.45, 7) is 3.80. The first-order valence-corrected chi connectivity index (χ1v) is 11.8. The van der Waals surface area contributed by atoms with Gasteiger partial charge in [-0.1, -0.05) is 12.1 Å². The molecule has 1 atom stereocenters. The van der Waals surface area contributed by atoms with Crippen molar-refractivity contribution in [2.75, 3.05) is 32.1 Å². The van der Waals surface area contributed by atoms with Crippen molar-refractivity contribution in [3.63, 3.8) is 0 Å². The number of aromatic amines is 1. The average molecular weight is 471 g/mol. The maximum Gasteiger partial charge on any atom is 0.267 e. The molecule has 180 valence electrons. The molecule has 3 heterocycles. The van der Waals surface area contributed by atoms with Crippen LogP contribution in [0, 0.1) is 12.8 Å². The number of hydrogen-bond acceptors (Lipinski definition) is 4. The zero-order chi connectivity index (χ0) is 24.5. The number of H-pyrrole nitrogens is 1. The van der Waals surface area contributed by atoms with E-state index in [1.165, 1.54) is 0 Å². The molecule has 0 radical (unpaired) electrons. The van der Waals surface area contributed by atoms with Crippen molar-refractivity contribution < 1.29 is 9.59 Å². The Morgan fingerprint density at radius 3 is 2.69 bits per heavy atom. The van der Waals surface area contributed by atoms with E-state index in [1.54, 1.807) is 11.1 Å². The predicted octanol–water partition coefficient (Wildman–Crippen LogP) is 3.51. The van der Waals surface area contributed by atoms with Crippen LogP contribution in [0.2, 0.25) is 0 Å². The molecule has 1 aliphatic rings. The van der Waals surface area contributed by atoms with Crippen molar-refractivity contribution in [1.29, 1.82) is 0 Å². The molecular formula is C27H30N6O2. The molecular weight excluding hydrogens is 440 g/mol. The van der Waals surface area contributed by atoms with Crippen LogP contribution < -0.4 is 10.2 Å². The summed E-state index contributed by atoms with van der Waals surface area (Å²) in [6, 6.07) is 15.9. The Labute approximate surface area is 204 Å². The molecule has 2 aromatic heterocycles. The topological polar surface area (TPSA) is 86.3 Å². The Bertz CT molecular complexity index is 1370. The summed E-state index contributed by atoms with van der Waals surface area (Å²) in [4.78, 5) is 36.9. The van der Waals surface area contributed by atoms with E-state index in [0.717, 1.165) is 40.2 Å². The molecule has 0 bridgehead atoms. The second-order valence-electron chi connectivity index (χ2n) is 9.53. The minimum atomic E-state index is -0.150. The first-order chi connectivity index (χ1) is 16.9. The highest BCUT2D eigenvalue weighted by Gasteiger charge is 2.31. The molecule has 5 rings (SSSR count). The van der Waals surface area contributed by atoms with Crippen LogP contribution in [0.15, 0.2) is 60.9 Å². The number of aryl methyl sites for hydroxylation is 1. The minimum absolute atomic E-state index is 0.0677. The normalized spacial score (nSPS) is 15.9. The number of rotatable bonds is 7. The van der Waals surface area contributed by atoms with Crippen molar-refractivity contribution in [3.05, 3.63) is 78.0 Å². The molecule has 1 unspecified atom stereocenters. The summed E-state index contributed by atoms with van der Waals surface area (Å²) < 4.78 is 2.05. The van der Waals surface area contributed by atoms with Gasteiger partial charge in [0.05, 0.1) is 6.54 Å². The lowest BCUT2D eigenvalue weighted by Gasteiger charge is -2.18. The molecule has 0 spiro atoms. The van der Waals surface area contributed by atoms with Gasteiger partial charge in [0.25, 0.3) is 5.91 Å². The van der Waals surface area contributed by atoms with E-state index in [1.807, 2.05) is 75.7 Å². The molecule has 0 aliphatic carbocycles. The zero-order valence-corrected chi connectivity index (χ0v) is 20.3. The number of carbonyl (C=O) groups is 2. The van der Waals surface area contributed by atoms with Gasteiger partial charge in [-0.3, -0.25) is 9.59 Å². The number of nitrogens with zero attached hydrogens (tertiary/aromatic N) is 4. The van der Waals surface area contributed by atoms with E-state index < -0.39 is 0 Å². The second-order valence-corrected chi connectivity index (χ2v) is 9.53. The third-order valence-corrected chi connectivity index (χ3v) is 6.39. The molecule has 8 heteroatoms. The Morgan fingerprint density at radius 2 is 1.91 bits per heavy atom. The number of benzene rings is 2. The number of amides is 2. The summed E-state index contributed by atoms with van der Waals surface area (Å²) in [5.74, 6) is 0.955. The lowest BCUT2D eigenvalue weighted by Crippen LogP contribution is -2.31. The summed E-state index contributed by atoms with van der Waals surface area (Å²) in [6.07, 6.45) is 4.16. The van der Waals surface area contributed by atoms with Crippen molar-refractivity contribution >= 4 is 28.4 Å². The third kappa shape index (κ3) is 4.83. The Kier molecular flexibility index (Phi) is 6.13. The largest absolute Gasteiger partial charge is 0.351 e. The van der Waals surface area contributed by atoms with E-state index in [4.69, 9.17) is 0 Å². The van der Waals surface area contributed by atoms with Gasteiger partial charge >= 0.3 is 0 Å². The lowest BCUT2D eigenvalue weighted by atomic mass is 10.1. The van der Waals surface area contributed by atoms with Crippen LogP contribution in [0.5, 0.6) is 0 Å². The Hall–Kier alpha value is -3.91. The average Bonchev–Trinajstić information content (AvgIpc) is 3.55. The predicted molar refractivity (Wildman–Crippen MR) is 137 cm³/mol. The summed E-state index contributed by atoms with van der Waals surface area (Å²) in [5.41, 5.74) is 4.50. The fourth-order valence-corrected chi connectivity index (χ4v) is 4.63. The highest BCUT2D eigenvalue weighted by atomic mass is 16.2. The van der Waals surface area contributed by atoms with Gasteiger partial charge in [0, 0.05) is 60.1 Å². The van der Waals surface area contributed by atoms with E-state index in [-0.39, 0.29) is 17.7 Å². The van der Waals surface area contributed by atoms with Crippen LogP contribution in [0.4, 0.5) is 5.69 Å². The van der Waals surface area contributed by atoms with Gasteiger partial charge in [0.15, 0.2) is 0 Å². The monoisotopic (exact) mass is 470 g/mol. The molecule has 2 N–H and O–H groups in total. The van der Waals surface area contributed by atoms with Gasteiger partial charge in [-0.05, 0) is 63.0 Å². The lowest BCUT2D eigenvalue weighted by molar-refractivity contribution is -0.117. The standard InChI is InChI=1S/C27H30N6O2/c1-18-4-5-20-14-24(30-23(20)12-18)27(35)29-15-19-13-26(34)33(16-19)22-8-6-21(7-9-22)32-11-10-28-25(32)17-31(2)3/h4-12,14,19,30H,13,15-17H2,1-3H3,(H,29,35). The number of imidazole rings is 1. The van der Waals surface area contributed by atoms with Gasteiger partial charge in [-0.25, -0.2) is 4.98 Å². The van der Waals surface area contributed by atoms with Gasteiger partial charge in [0.1, 0.15) is 11.5 Å². The van der Waals surface area contributed by atoms with E-state index in [9.17, 15) is 9.59 Å². The van der Waals surface area contributed by atoms with Crippen LogP contribution in [0.25, 0.3) is 16.6 Å². The maximum atomic E-state index is 12.7. The van der Waals surface area contributed by atoms with Crippen molar-refractivity contribution in [3.8, 4) is 5.69 Å². The van der Waals surface area contributed by atoms with E-state index >= 15 is 0 Å². The van der Waals surface area contributed by atoms with E-state index in [2.05, 4.69) is 24.8 Å². The number of aromatic nitrogens is 3. The fourth-order valence-electron chi connectivity index (χ4n) is 4.63. The van der Waals surface area contributed by atoms with Crippen LogP contribution in [-0.4, -0.2) is 58.4 Å². The number of nitrogens with one attached hydrogen (secondary N) is 2. The first-order valence-electron chi connectivity index (χ1n) is 11.8. The number of fused-ring (bicyclic) bond motifs is 1. The Morgan fingerprint density at radius 1 is 1.14 bits per heavy atom. The summed E-state index contributed by atoms with van der Waals surface area (Å²) in [7, 11) is 4.03. The van der Waals surface area contributed by atoms with Crippen molar-refractivity contribution in [2.45, 2.75) is 19.9 Å². The SMILES string of the molecule is Cc1ccc2cc(C(=O)NCC3CC(=O)N(c4ccc(-n5ccnc5CN(C)C)cc4)C3)[nH]c2c1. The molecule has 2 aromatic carbocycles. The second kappa shape index (κ2) is 9.38. The van der Waals surface area contributed by atoms with Gasteiger partial charge in [-0.15, -0.1) is 0 Å². The fraction of sp³-hybridized carbons (Fsp3) is 0.296. The first kappa shape index (κ1) is 22.9. The smallest absolute Gasteiger partial charge is 0.267 e. The molecule has 2 amide bonds. The van der Waals surface area contributed by atoms with Crippen LogP contribution in [0.3, 0.4) is 0 Å². The number of hydrogen-bond donors (Lipinski definition) is 2. The van der Waals surface area contributed by atoms with Crippen LogP contribution in [-0.2, 0) is 11.3 Å².